The van der Waals surface area contributed by atoms with Crippen LogP contribution in [0.4, 0.5) is 8.78 Å². The third kappa shape index (κ3) is 1.82. The van der Waals surface area contributed by atoms with Crippen molar-refractivity contribution in [2.75, 3.05) is 0 Å². The number of hydrogen-bond donors (Lipinski definition) is 2. The lowest BCUT2D eigenvalue weighted by Gasteiger charge is -2.03. The molecule has 7 heteroatoms. The van der Waals surface area contributed by atoms with Crippen molar-refractivity contribution in [1.29, 1.82) is 0 Å². The Balaban J connectivity index is 3.46. The van der Waals surface area contributed by atoms with E-state index < -0.39 is 26.6 Å². The normalized spacial score (nSPS) is 11.6. The van der Waals surface area contributed by atoms with Gasteiger partial charge in [0.1, 0.15) is 11.6 Å². The van der Waals surface area contributed by atoms with E-state index in [-0.39, 0.29) is 0 Å². The number of nitrogens with one attached hydrogen (secondary N) is 1. The van der Waals surface area contributed by atoms with Crippen molar-refractivity contribution in [3.8, 4) is 0 Å². The van der Waals surface area contributed by atoms with Crippen LogP contribution < -0.4 is 10.7 Å². The van der Waals surface area contributed by atoms with Gasteiger partial charge in [-0.25, -0.2) is 17.2 Å². The maximum Gasteiger partial charge on any atom is 0.258 e. The SMILES string of the molecule is NNS(=O)(=O)c1c(F)cccc1F. The summed E-state index contributed by atoms with van der Waals surface area (Å²) in [6.45, 7) is 0. The molecule has 3 N–H and O–H groups in total. The van der Waals surface area contributed by atoms with Crippen LogP contribution in [0, 0.1) is 11.6 Å². The van der Waals surface area contributed by atoms with Crippen LogP contribution in [0.25, 0.3) is 0 Å². The molecule has 0 fully saturated rings. The average molecular weight is 208 g/mol. The molecule has 72 valence electrons. The maximum atomic E-state index is 12.8. The molecule has 0 atom stereocenters. The summed E-state index contributed by atoms with van der Waals surface area (Å²) in [5, 5.41) is 0. The molecule has 0 saturated carbocycles. The van der Waals surface area contributed by atoms with E-state index in [2.05, 4.69) is 5.84 Å². The molecule has 0 radical (unpaired) electrons. The van der Waals surface area contributed by atoms with Gasteiger partial charge in [-0.1, -0.05) is 6.07 Å². The highest BCUT2D eigenvalue weighted by molar-refractivity contribution is 7.89. The molecular weight excluding hydrogens is 202 g/mol. The second-order valence-electron chi connectivity index (χ2n) is 2.17. The molecule has 0 aliphatic carbocycles. The lowest BCUT2D eigenvalue weighted by atomic mass is 10.3. The van der Waals surface area contributed by atoms with Crippen molar-refractivity contribution >= 4 is 10.0 Å². The number of hydrazine groups is 1. The fraction of sp³-hybridized carbons (Fsp3) is 0. The Bertz CT molecular complexity index is 398. The Morgan fingerprint density at radius 1 is 1.23 bits per heavy atom. The zero-order chi connectivity index (χ0) is 10.1. The molecule has 0 heterocycles. The minimum absolute atomic E-state index is 0.827. The van der Waals surface area contributed by atoms with Crippen LogP contribution >= 0.6 is 0 Å². The van der Waals surface area contributed by atoms with Gasteiger partial charge < -0.3 is 0 Å². The predicted octanol–water partition coefficient (Wildman–Crippen LogP) is 0.117. The van der Waals surface area contributed by atoms with Gasteiger partial charge in [-0.3, -0.25) is 5.84 Å². The molecule has 1 aromatic rings. The summed E-state index contributed by atoms with van der Waals surface area (Å²) >= 11 is 0. The molecule has 0 aliphatic rings. The van der Waals surface area contributed by atoms with Gasteiger partial charge in [-0.05, 0) is 12.1 Å². The number of sulfonamides is 1. The van der Waals surface area contributed by atoms with Crippen LogP contribution in [0.5, 0.6) is 0 Å². The highest BCUT2D eigenvalue weighted by Gasteiger charge is 2.21. The van der Waals surface area contributed by atoms with Crippen molar-refractivity contribution in [3.63, 3.8) is 0 Å². The van der Waals surface area contributed by atoms with Crippen LogP contribution in [0.15, 0.2) is 23.1 Å². The highest BCUT2D eigenvalue weighted by atomic mass is 32.2. The smallest absolute Gasteiger partial charge is 0.257 e. The number of hydrogen-bond acceptors (Lipinski definition) is 3. The van der Waals surface area contributed by atoms with Gasteiger partial charge in [0.05, 0.1) is 0 Å². The molecule has 0 aliphatic heterocycles. The number of halogens is 2. The Morgan fingerprint density at radius 3 is 2.08 bits per heavy atom. The molecule has 13 heavy (non-hydrogen) atoms. The van der Waals surface area contributed by atoms with E-state index in [9.17, 15) is 17.2 Å². The molecular formula is C6H6F2N2O2S. The highest BCUT2D eigenvalue weighted by Crippen LogP contribution is 2.16. The van der Waals surface area contributed by atoms with E-state index in [0.29, 0.717) is 0 Å². The lowest BCUT2D eigenvalue weighted by molar-refractivity contribution is 0.514. The standard InChI is InChI=1S/C6H6F2N2O2S/c7-4-2-1-3-5(8)6(4)13(11,12)10-9/h1-3,10H,9H2. The molecule has 0 unspecified atom stereocenters. The van der Waals surface area contributed by atoms with Crippen molar-refractivity contribution in [2.45, 2.75) is 4.90 Å². The Hall–Kier alpha value is -1.05. The quantitative estimate of drug-likeness (QED) is 0.535. The molecule has 1 aromatic carbocycles. The summed E-state index contributed by atoms with van der Waals surface area (Å²) in [6.07, 6.45) is 0. The summed E-state index contributed by atoms with van der Waals surface area (Å²) in [4.78, 5) is 0.260. The van der Waals surface area contributed by atoms with Gasteiger partial charge in [0, 0.05) is 0 Å². The van der Waals surface area contributed by atoms with Crippen LogP contribution in [0.3, 0.4) is 0 Å². The fourth-order valence-corrected chi connectivity index (χ4v) is 1.57. The Kier molecular flexibility index (Phi) is 2.60. The first-order valence-corrected chi connectivity index (χ1v) is 4.64. The van der Waals surface area contributed by atoms with Gasteiger partial charge in [-0.2, -0.15) is 0 Å². The molecule has 0 amide bonds. The fourth-order valence-electron chi connectivity index (χ4n) is 0.798. The number of rotatable bonds is 2. The summed E-state index contributed by atoms with van der Waals surface area (Å²) in [5.41, 5.74) is 0. The van der Waals surface area contributed by atoms with E-state index in [1.165, 1.54) is 4.83 Å². The van der Waals surface area contributed by atoms with Crippen molar-refractivity contribution in [1.82, 2.24) is 4.83 Å². The average Bonchev–Trinajstić information content (AvgIpc) is 2.03. The Morgan fingerprint density at radius 2 is 1.69 bits per heavy atom. The summed E-state index contributed by atoms with van der Waals surface area (Å²) in [6, 6.07) is 2.71. The molecule has 0 spiro atoms. The topological polar surface area (TPSA) is 72.2 Å². The lowest BCUT2D eigenvalue weighted by Crippen LogP contribution is -2.31. The first-order chi connectivity index (χ1) is 5.99. The second kappa shape index (κ2) is 3.36. The van der Waals surface area contributed by atoms with Gasteiger partial charge in [0.15, 0.2) is 4.90 Å². The zero-order valence-electron chi connectivity index (χ0n) is 6.29. The van der Waals surface area contributed by atoms with Crippen LogP contribution in [0.2, 0.25) is 0 Å². The number of benzene rings is 1. The van der Waals surface area contributed by atoms with Crippen LogP contribution in [-0.2, 0) is 10.0 Å². The second-order valence-corrected chi connectivity index (χ2v) is 3.82. The third-order valence-electron chi connectivity index (χ3n) is 1.34. The summed E-state index contributed by atoms with van der Waals surface area (Å²) in [5.74, 6) is 2.24. The maximum absolute atomic E-state index is 12.8. The van der Waals surface area contributed by atoms with E-state index in [1.807, 2.05) is 0 Å². The van der Waals surface area contributed by atoms with Crippen molar-refractivity contribution < 1.29 is 17.2 Å². The predicted molar refractivity (Wildman–Crippen MR) is 40.9 cm³/mol. The third-order valence-corrected chi connectivity index (χ3v) is 2.58. The van der Waals surface area contributed by atoms with Crippen LogP contribution in [-0.4, -0.2) is 8.42 Å². The first-order valence-electron chi connectivity index (χ1n) is 3.15. The monoisotopic (exact) mass is 208 g/mol. The largest absolute Gasteiger partial charge is 0.258 e. The molecule has 4 nitrogen and oxygen atoms in total. The molecule has 0 bridgehead atoms. The van der Waals surface area contributed by atoms with Gasteiger partial charge >= 0.3 is 0 Å². The summed E-state index contributed by atoms with van der Waals surface area (Å²) < 4.78 is 47.5. The van der Waals surface area contributed by atoms with Crippen LogP contribution in [0.1, 0.15) is 0 Å². The minimum atomic E-state index is -4.28. The number of nitrogens with two attached hydrogens (primary N) is 1. The van der Waals surface area contributed by atoms with E-state index in [0.717, 1.165) is 18.2 Å². The molecule has 0 aromatic heterocycles. The molecule has 1 rings (SSSR count). The molecule has 0 saturated heterocycles. The van der Waals surface area contributed by atoms with Gasteiger partial charge in [0.2, 0.25) is 0 Å². The van der Waals surface area contributed by atoms with E-state index in [4.69, 9.17) is 0 Å². The van der Waals surface area contributed by atoms with E-state index in [1.54, 1.807) is 0 Å². The zero-order valence-corrected chi connectivity index (χ0v) is 7.11. The minimum Gasteiger partial charge on any atom is -0.257 e. The van der Waals surface area contributed by atoms with Gasteiger partial charge in [-0.15, -0.1) is 4.83 Å². The van der Waals surface area contributed by atoms with Crippen molar-refractivity contribution in [3.05, 3.63) is 29.8 Å². The van der Waals surface area contributed by atoms with Gasteiger partial charge in [0.25, 0.3) is 10.0 Å². The van der Waals surface area contributed by atoms with Crippen molar-refractivity contribution in [2.24, 2.45) is 5.84 Å². The summed E-state index contributed by atoms with van der Waals surface area (Å²) in [7, 11) is -4.28. The first kappa shape index (κ1) is 10.0. The van der Waals surface area contributed by atoms with E-state index >= 15 is 0 Å². The Labute approximate surface area is 73.4 Å².